The maximum atomic E-state index is 4.18. The van der Waals surface area contributed by atoms with Crippen LogP contribution in [0.4, 0.5) is 5.82 Å². The Kier molecular flexibility index (Phi) is 2.29. The normalized spacial score (nSPS) is 14.8. The Bertz CT molecular complexity index is 457. The highest BCUT2D eigenvalue weighted by atomic mass is 15.0. The molecule has 1 aliphatic carbocycles. The summed E-state index contributed by atoms with van der Waals surface area (Å²) >= 11 is 0. The van der Waals surface area contributed by atoms with E-state index in [9.17, 15) is 0 Å². The van der Waals surface area contributed by atoms with Crippen LogP contribution in [0.5, 0.6) is 0 Å². The third kappa shape index (κ3) is 1.76. The van der Waals surface area contributed by atoms with E-state index in [0.717, 1.165) is 18.7 Å². The van der Waals surface area contributed by atoms with Crippen LogP contribution in [0.1, 0.15) is 11.1 Å². The van der Waals surface area contributed by atoms with Crippen LogP contribution in [0.3, 0.4) is 0 Å². The van der Waals surface area contributed by atoms with Gasteiger partial charge in [-0.2, -0.15) is 0 Å². The molecule has 0 bridgehead atoms. The fourth-order valence-corrected chi connectivity index (χ4v) is 2.21. The van der Waals surface area contributed by atoms with Crippen molar-refractivity contribution in [3.05, 3.63) is 54.0 Å². The van der Waals surface area contributed by atoms with Crippen molar-refractivity contribution in [1.82, 2.24) is 9.97 Å². The maximum Gasteiger partial charge on any atom is 0.144 e. The molecular formula is C13H12N3. The van der Waals surface area contributed by atoms with Gasteiger partial charge in [-0.05, 0) is 24.0 Å². The Balaban J connectivity index is 1.73. The fourth-order valence-electron chi connectivity index (χ4n) is 2.21. The van der Waals surface area contributed by atoms with E-state index in [1.165, 1.54) is 11.1 Å². The Labute approximate surface area is 94.6 Å². The topological polar surface area (TPSA) is 37.8 Å². The van der Waals surface area contributed by atoms with E-state index in [1.807, 2.05) is 0 Å². The molecule has 0 saturated heterocycles. The number of anilines is 1. The molecule has 0 amide bonds. The molecular weight excluding hydrogens is 198 g/mol. The van der Waals surface area contributed by atoms with Crippen LogP contribution in [-0.2, 0) is 12.8 Å². The van der Waals surface area contributed by atoms with Crippen molar-refractivity contribution in [2.24, 2.45) is 0 Å². The summed E-state index contributed by atoms with van der Waals surface area (Å²) in [4.78, 5) is 8.10. The number of fused-ring (bicyclic) bond motifs is 1. The van der Waals surface area contributed by atoms with Crippen molar-refractivity contribution in [3.8, 4) is 0 Å². The number of hydrogen-bond acceptors (Lipinski definition) is 3. The number of benzene rings is 1. The zero-order valence-electron chi connectivity index (χ0n) is 8.85. The van der Waals surface area contributed by atoms with Gasteiger partial charge in [-0.1, -0.05) is 24.3 Å². The second-order valence-corrected chi connectivity index (χ2v) is 4.05. The predicted octanol–water partition coefficient (Wildman–Crippen LogP) is 1.86. The van der Waals surface area contributed by atoms with Crippen molar-refractivity contribution in [1.29, 1.82) is 0 Å². The molecule has 0 spiro atoms. The van der Waals surface area contributed by atoms with Crippen molar-refractivity contribution in [3.63, 3.8) is 0 Å². The van der Waals surface area contributed by atoms with E-state index in [1.54, 1.807) is 12.4 Å². The van der Waals surface area contributed by atoms with Gasteiger partial charge in [0.2, 0.25) is 0 Å². The second kappa shape index (κ2) is 3.93. The molecule has 16 heavy (non-hydrogen) atoms. The van der Waals surface area contributed by atoms with Gasteiger partial charge in [0.25, 0.3) is 0 Å². The van der Waals surface area contributed by atoms with Gasteiger partial charge in [-0.15, -0.1) is 0 Å². The quantitative estimate of drug-likeness (QED) is 0.822. The molecule has 1 aromatic heterocycles. The summed E-state index contributed by atoms with van der Waals surface area (Å²) in [6.45, 7) is 0. The van der Waals surface area contributed by atoms with Crippen LogP contribution < -0.4 is 5.32 Å². The van der Waals surface area contributed by atoms with Gasteiger partial charge in [0.05, 0.1) is 12.4 Å². The van der Waals surface area contributed by atoms with Crippen molar-refractivity contribution >= 4 is 5.82 Å². The van der Waals surface area contributed by atoms with Crippen LogP contribution in [0.2, 0.25) is 0 Å². The molecule has 1 N–H and O–H groups in total. The fraction of sp³-hybridized carbons (Fsp3) is 0.231. The second-order valence-electron chi connectivity index (χ2n) is 4.05. The van der Waals surface area contributed by atoms with Crippen LogP contribution in [0.25, 0.3) is 0 Å². The highest BCUT2D eigenvalue weighted by Gasteiger charge is 2.20. The number of aromatic nitrogens is 2. The molecule has 79 valence electrons. The van der Waals surface area contributed by atoms with E-state index >= 15 is 0 Å². The van der Waals surface area contributed by atoms with Gasteiger partial charge >= 0.3 is 0 Å². The first-order valence-electron chi connectivity index (χ1n) is 5.43. The van der Waals surface area contributed by atoms with E-state index in [4.69, 9.17) is 0 Å². The summed E-state index contributed by atoms with van der Waals surface area (Å²) in [5, 5.41) is 3.39. The maximum absolute atomic E-state index is 4.18. The first kappa shape index (κ1) is 9.33. The van der Waals surface area contributed by atoms with Crippen molar-refractivity contribution < 1.29 is 0 Å². The van der Waals surface area contributed by atoms with Crippen LogP contribution in [0.15, 0.2) is 36.7 Å². The highest BCUT2D eigenvalue weighted by molar-refractivity contribution is 5.39. The summed E-state index contributed by atoms with van der Waals surface area (Å²) in [7, 11) is 0. The zero-order chi connectivity index (χ0) is 10.8. The third-order valence-corrected chi connectivity index (χ3v) is 2.93. The van der Waals surface area contributed by atoms with Gasteiger partial charge in [0, 0.05) is 6.04 Å². The number of nitrogens with zero attached hydrogens (tertiary/aromatic N) is 2. The molecule has 3 heteroatoms. The molecule has 0 atom stereocenters. The van der Waals surface area contributed by atoms with Gasteiger partial charge in [-0.25, -0.2) is 9.97 Å². The minimum atomic E-state index is 0.439. The van der Waals surface area contributed by atoms with Crippen LogP contribution in [-0.4, -0.2) is 16.0 Å². The SMILES string of the molecule is [c]1cnc(NC2Cc3ccccc3C2)cn1. The van der Waals surface area contributed by atoms with Crippen molar-refractivity contribution in [2.45, 2.75) is 18.9 Å². The molecule has 3 nitrogen and oxygen atoms in total. The lowest BCUT2D eigenvalue weighted by molar-refractivity contribution is 0.767. The number of rotatable bonds is 2. The van der Waals surface area contributed by atoms with Crippen molar-refractivity contribution in [2.75, 3.05) is 5.32 Å². The molecule has 1 aliphatic rings. The Morgan fingerprint density at radius 3 is 2.56 bits per heavy atom. The zero-order valence-corrected chi connectivity index (χ0v) is 8.85. The standard InChI is InChI=1S/C13H12N3/c1-2-4-11-8-12(7-10(11)3-1)16-13-9-14-5-6-15-13/h1-4,6,9,12H,7-8H2,(H,15,16). The highest BCUT2D eigenvalue weighted by Crippen LogP contribution is 2.23. The van der Waals surface area contributed by atoms with E-state index in [-0.39, 0.29) is 0 Å². The Hall–Kier alpha value is -1.90. The van der Waals surface area contributed by atoms with Gasteiger partial charge in [0.1, 0.15) is 12.0 Å². The summed E-state index contributed by atoms with van der Waals surface area (Å²) in [5.41, 5.74) is 2.88. The first-order chi connectivity index (χ1) is 7.92. The van der Waals surface area contributed by atoms with E-state index in [0.29, 0.717) is 6.04 Å². The van der Waals surface area contributed by atoms with Gasteiger partial charge < -0.3 is 5.32 Å². The van der Waals surface area contributed by atoms with Crippen LogP contribution >= 0.6 is 0 Å². The lowest BCUT2D eigenvalue weighted by Gasteiger charge is -2.11. The summed E-state index contributed by atoms with van der Waals surface area (Å²) in [6.07, 6.45) is 8.10. The Morgan fingerprint density at radius 2 is 1.94 bits per heavy atom. The lowest BCUT2D eigenvalue weighted by atomic mass is 10.1. The first-order valence-corrected chi connectivity index (χ1v) is 5.43. The van der Waals surface area contributed by atoms with Gasteiger partial charge in [-0.3, -0.25) is 0 Å². The largest absolute Gasteiger partial charge is 0.365 e. The third-order valence-electron chi connectivity index (χ3n) is 2.93. The van der Waals surface area contributed by atoms with Crippen LogP contribution in [0, 0.1) is 6.20 Å². The Morgan fingerprint density at radius 1 is 1.19 bits per heavy atom. The molecule has 2 aromatic rings. The predicted molar refractivity (Wildman–Crippen MR) is 62.1 cm³/mol. The van der Waals surface area contributed by atoms with E-state index < -0.39 is 0 Å². The minimum absolute atomic E-state index is 0.439. The molecule has 0 unspecified atom stereocenters. The molecule has 0 saturated carbocycles. The molecule has 1 aromatic carbocycles. The molecule has 0 aliphatic heterocycles. The summed E-state index contributed by atoms with van der Waals surface area (Å²) in [6, 6.07) is 9.02. The number of nitrogens with one attached hydrogen (secondary N) is 1. The summed E-state index contributed by atoms with van der Waals surface area (Å²) in [5.74, 6) is 0.830. The summed E-state index contributed by atoms with van der Waals surface area (Å²) < 4.78 is 0. The molecule has 1 heterocycles. The minimum Gasteiger partial charge on any atom is -0.365 e. The average Bonchev–Trinajstić information content (AvgIpc) is 2.72. The monoisotopic (exact) mass is 210 g/mol. The molecule has 3 rings (SSSR count). The smallest absolute Gasteiger partial charge is 0.144 e. The van der Waals surface area contributed by atoms with E-state index in [2.05, 4.69) is 45.7 Å². The van der Waals surface area contributed by atoms with Gasteiger partial charge in [0.15, 0.2) is 0 Å². The average molecular weight is 210 g/mol. The number of hydrogen-bond donors (Lipinski definition) is 1. The lowest BCUT2D eigenvalue weighted by Crippen LogP contribution is -2.20. The molecule has 1 radical (unpaired) electrons. The molecule has 0 fully saturated rings.